The van der Waals surface area contributed by atoms with Gasteiger partial charge in [0.15, 0.2) is 4.80 Å². The third-order valence-corrected chi connectivity index (χ3v) is 9.78. The van der Waals surface area contributed by atoms with Crippen LogP contribution in [-0.2, 0) is 26.6 Å². The Hall–Kier alpha value is -2.82. The minimum atomic E-state index is -3.90. The van der Waals surface area contributed by atoms with E-state index in [0.29, 0.717) is 29.2 Å². The van der Waals surface area contributed by atoms with Crippen molar-refractivity contribution in [3.05, 3.63) is 52.8 Å². The first kappa shape index (κ1) is 25.3. The van der Waals surface area contributed by atoms with Crippen LogP contribution in [0.1, 0.15) is 30.1 Å². The molecule has 3 aromatic rings. The summed E-state index contributed by atoms with van der Waals surface area (Å²) in [4.78, 5) is 17.4. The molecule has 1 aliphatic heterocycles. The summed E-state index contributed by atoms with van der Waals surface area (Å²) in [5.74, 6) is 2.42. The molecule has 2 N–H and O–H groups in total. The van der Waals surface area contributed by atoms with Crippen molar-refractivity contribution in [1.82, 2.24) is 8.87 Å². The molecule has 0 bridgehead atoms. The second kappa shape index (κ2) is 9.67. The predicted octanol–water partition coefficient (Wildman–Crippen LogP) is 2.15. The molecule has 2 aromatic carbocycles. The number of benzene rings is 2. The van der Waals surface area contributed by atoms with Gasteiger partial charge in [-0.1, -0.05) is 24.2 Å². The third kappa shape index (κ3) is 5.24. The third-order valence-electron chi connectivity index (χ3n) is 5.91. The second-order valence-corrected chi connectivity index (χ2v) is 12.9. The Morgan fingerprint density at radius 2 is 1.74 bits per heavy atom. The summed E-state index contributed by atoms with van der Waals surface area (Å²) < 4.78 is 52.9. The number of aromatic nitrogens is 1. The van der Waals surface area contributed by atoms with Gasteiger partial charge in [-0.3, -0.25) is 4.79 Å². The van der Waals surface area contributed by atoms with Gasteiger partial charge in [0.2, 0.25) is 20.0 Å². The number of piperidine rings is 1. The second-order valence-electron chi connectivity index (χ2n) is 8.38. The number of primary sulfonamides is 1. The van der Waals surface area contributed by atoms with Crippen LogP contribution in [0.15, 0.2) is 57.2 Å². The van der Waals surface area contributed by atoms with Gasteiger partial charge in [-0.2, -0.15) is 9.30 Å². The van der Waals surface area contributed by atoms with Crippen LogP contribution in [0.2, 0.25) is 0 Å². The van der Waals surface area contributed by atoms with E-state index in [1.165, 1.54) is 40.7 Å². The van der Waals surface area contributed by atoms with Gasteiger partial charge < -0.3 is 4.57 Å². The van der Waals surface area contributed by atoms with Crippen molar-refractivity contribution >= 4 is 47.5 Å². The molecule has 1 aromatic heterocycles. The molecule has 1 saturated heterocycles. The molecule has 35 heavy (non-hydrogen) atoms. The molecule has 1 fully saturated rings. The molecule has 1 aliphatic rings. The van der Waals surface area contributed by atoms with E-state index in [-0.39, 0.29) is 26.7 Å². The highest BCUT2D eigenvalue weighted by Crippen LogP contribution is 2.24. The van der Waals surface area contributed by atoms with E-state index in [0.717, 1.165) is 24.2 Å². The average molecular weight is 533 g/mol. The van der Waals surface area contributed by atoms with E-state index < -0.39 is 26.0 Å². The van der Waals surface area contributed by atoms with Crippen molar-refractivity contribution < 1.29 is 21.6 Å². The van der Waals surface area contributed by atoms with Gasteiger partial charge in [-0.05, 0) is 61.2 Å². The van der Waals surface area contributed by atoms with E-state index in [4.69, 9.17) is 11.6 Å². The maximum Gasteiger partial charge on any atom is 0.279 e. The SMILES string of the molecule is C#CCn1c(=NC(=O)c2ccc(S(=O)(=O)N3CCC(C)CC3)cc2)sc2cc(S(N)(=O)=O)ccc21. The quantitative estimate of drug-likeness (QED) is 0.503. The van der Waals surface area contributed by atoms with Gasteiger partial charge in [-0.15, -0.1) is 6.42 Å². The molecule has 2 heterocycles. The number of nitrogens with zero attached hydrogens (tertiary/aromatic N) is 3. The van der Waals surface area contributed by atoms with E-state index in [1.54, 1.807) is 10.6 Å². The smallest absolute Gasteiger partial charge is 0.279 e. The molecular weight excluding hydrogens is 508 g/mol. The number of carbonyl (C=O) groups is 1. The normalized spacial score (nSPS) is 16.4. The lowest BCUT2D eigenvalue weighted by Gasteiger charge is -2.29. The maximum atomic E-state index is 12.9. The Balaban J connectivity index is 1.66. The van der Waals surface area contributed by atoms with Gasteiger partial charge in [0, 0.05) is 18.7 Å². The van der Waals surface area contributed by atoms with Crippen LogP contribution >= 0.6 is 11.3 Å². The Morgan fingerprint density at radius 1 is 1.11 bits per heavy atom. The molecule has 9 nitrogen and oxygen atoms in total. The molecule has 0 spiro atoms. The average Bonchev–Trinajstić information content (AvgIpc) is 3.15. The van der Waals surface area contributed by atoms with Crippen molar-refractivity contribution in [2.75, 3.05) is 13.1 Å². The zero-order chi connectivity index (χ0) is 25.4. The fourth-order valence-corrected chi connectivity index (χ4v) is 7.01. The van der Waals surface area contributed by atoms with E-state index in [9.17, 15) is 21.6 Å². The number of rotatable bonds is 5. The summed E-state index contributed by atoms with van der Waals surface area (Å²) in [6.45, 7) is 3.19. The summed E-state index contributed by atoms with van der Waals surface area (Å²) in [5.41, 5.74) is 0.829. The molecular formula is C23H24N4O5S3. The highest BCUT2D eigenvalue weighted by atomic mass is 32.2. The van der Waals surface area contributed by atoms with E-state index in [2.05, 4.69) is 17.8 Å². The minimum Gasteiger partial charge on any atom is -0.305 e. The molecule has 1 amide bonds. The van der Waals surface area contributed by atoms with Crippen LogP contribution in [0, 0.1) is 18.3 Å². The number of amides is 1. The van der Waals surface area contributed by atoms with Crippen LogP contribution in [0.25, 0.3) is 10.2 Å². The maximum absolute atomic E-state index is 12.9. The van der Waals surface area contributed by atoms with Crippen molar-refractivity contribution in [3.63, 3.8) is 0 Å². The Morgan fingerprint density at radius 3 is 2.34 bits per heavy atom. The molecule has 184 valence electrons. The topological polar surface area (TPSA) is 132 Å². The molecule has 0 atom stereocenters. The first-order valence-electron chi connectivity index (χ1n) is 10.8. The molecule has 12 heteroatoms. The highest BCUT2D eigenvalue weighted by Gasteiger charge is 2.28. The molecule has 0 radical (unpaired) electrons. The fourth-order valence-electron chi connectivity index (χ4n) is 3.86. The lowest BCUT2D eigenvalue weighted by atomic mass is 10.0. The number of nitrogens with two attached hydrogens (primary N) is 1. The fraction of sp³-hybridized carbons (Fsp3) is 0.304. The van der Waals surface area contributed by atoms with Gasteiger partial charge in [0.25, 0.3) is 5.91 Å². The molecule has 4 rings (SSSR count). The predicted molar refractivity (Wildman–Crippen MR) is 134 cm³/mol. The van der Waals surface area contributed by atoms with Gasteiger partial charge in [0.05, 0.1) is 26.6 Å². The molecule has 0 saturated carbocycles. The van der Waals surface area contributed by atoms with Crippen molar-refractivity contribution in [3.8, 4) is 12.3 Å². The first-order chi connectivity index (χ1) is 16.5. The molecule has 0 aliphatic carbocycles. The zero-order valence-electron chi connectivity index (χ0n) is 18.9. The Labute approximate surface area is 208 Å². The zero-order valence-corrected chi connectivity index (χ0v) is 21.4. The summed E-state index contributed by atoms with van der Waals surface area (Å²) in [6, 6.07) is 10.0. The monoisotopic (exact) mass is 532 g/mol. The Bertz CT molecular complexity index is 1600. The van der Waals surface area contributed by atoms with Crippen molar-refractivity contribution in [2.45, 2.75) is 36.1 Å². The van der Waals surface area contributed by atoms with Crippen LogP contribution in [0.5, 0.6) is 0 Å². The van der Waals surface area contributed by atoms with E-state index >= 15 is 0 Å². The number of terminal acetylenes is 1. The first-order valence-corrected chi connectivity index (χ1v) is 14.6. The Kier molecular flexibility index (Phi) is 6.99. The van der Waals surface area contributed by atoms with Gasteiger partial charge in [0.1, 0.15) is 0 Å². The van der Waals surface area contributed by atoms with E-state index in [1.807, 2.05) is 0 Å². The lowest BCUT2D eigenvalue weighted by Crippen LogP contribution is -2.37. The number of thiazole rings is 1. The molecule has 0 unspecified atom stereocenters. The standard InChI is InChI=1S/C23H24N4O5S3/c1-3-12-27-20-9-8-19(34(24,29)30)15-21(20)33-23(27)25-22(28)17-4-6-18(7-5-17)35(31,32)26-13-10-16(2)11-14-26/h1,4-9,15-16H,10-14H2,2H3,(H2,24,29,30). The van der Waals surface area contributed by atoms with Crippen LogP contribution < -0.4 is 9.94 Å². The lowest BCUT2D eigenvalue weighted by molar-refractivity contribution is 0.0997. The number of hydrogen-bond acceptors (Lipinski definition) is 6. The number of hydrogen-bond donors (Lipinski definition) is 1. The number of sulfonamides is 2. The summed E-state index contributed by atoms with van der Waals surface area (Å²) in [7, 11) is -7.52. The highest BCUT2D eigenvalue weighted by molar-refractivity contribution is 7.89. The minimum absolute atomic E-state index is 0.0584. The number of fused-ring (bicyclic) bond motifs is 1. The van der Waals surface area contributed by atoms with Crippen molar-refractivity contribution in [1.29, 1.82) is 0 Å². The van der Waals surface area contributed by atoms with Crippen molar-refractivity contribution in [2.24, 2.45) is 16.0 Å². The van der Waals surface area contributed by atoms with Crippen LogP contribution in [0.3, 0.4) is 0 Å². The van der Waals surface area contributed by atoms with Crippen LogP contribution in [-0.4, -0.2) is 44.7 Å². The van der Waals surface area contributed by atoms with Gasteiger partial charge in [-0.25, -0.2) is 22.0 Å². The summed E-state index contributed by atoms with van der Waals surface area (Å²) in [6.07, 6.45) is 7.12. The summed E-state index contributed by atoms with van der Waals surface area (Å²) >= 11 is 1.10. The van der Waals surface area contributed by atoms with Gasteiger partial charge >= 0.3 is 0 Å². The summed E-state index contributed by atoms with van der Waals surface area (Å²) in [5, 5.41) is 5.22. The largest absolute Gasteiger partial charge is 0.305 e. The van der Waals surface area contributed by atoms with Crippen LogP contribution in [0.4, 0.5) is 0 Å². The number of carbonyl (C=O) groups excluding carboxylic acids is 1.